The standard InChI is InChI=1S/C24H34N4O2/c1-24(2,3)30-23(29)28-14-12-20(22-19(25)11-13-26-15-21(22)28)27-18-9-7-17(8-10-18)16-5-4-6-16/h7-10,16,21,26H,4-6,11-15,25H2,1-3H3. The predicted molar refractivity (Wildman–Crippen MR) is 120 cm³/mol. The Bertz CT molecular complexity index is 847. The number of hydrogen-bond acceptors (Lipinski definition) is 5. The number of amides is 1. The van der Waals surface area contributed by atoms with Crippen molar-refractivity contribution in [1.29, 1.82) is 0 Å². The number of hydrogen-bond donors (Lipinski definition) is 2. The van der Waals surface area contributed by atoms with Crippen LogP contribution in [0.15, 0.2) is 40.5 Å². The number of likely N-dealkylation sites (tertiary alicyclic amines) is 1. The van der Waals surface area contributed by atoms with Gasteiger partial charge in [0.05, 0.1) is 11.7 Å². The second-order valence-electron chi connectivity index (χ2n) is 9.61. The Labute approximate surface area is 179 Å². The summed E-state index contributed by atoms with van der Waals surface area (Å²) in [6.07, 6.45) is 5.08. The molecule has 1 aromatic carbocycles. The van der Waals surface area contributed by atoms with E-state index in [1.54, 1.807) is 0 Å². The molecule has 0 spiro atoms. The first-order valence-corrected chi connectivity index (χ1v) is 11.2. The van der Waals surface area contributed by atoms with Crippen molar-refractivity contribution >= 4 is 17.5 Å². The third kappa shape index (κ3) is 4.53. The number of aliphatic imine (C=N–C) groups is 1. The quantitative estimate of drug-likeness (QED) is 0.764. The normalized spacial score (nSPS) is 24.3. The molecule has 2 heterocycles. The molecule has 6 heteroatoms. The molecule has 1 aromatic rings. The largest absolute Gasteiger partial charge is 0.444 e. The van der Waals surface area contributed by atoms with Gasteiger partial charge in [-0.3, -0.25) is 9.89 Å². The van der Waals surface area contributed by atoms with Crippen molar-refractivity contribution in [3.63, 3.8) is 0 Å². The van der Waals surface area contributed by atoms with Crippen LogP contribution in [-0.4, -0.2) is 48.0 Å². The molecular formula is C24H34N4O2. The van der Waals surface area contributed by atoms with Gasteiger partial charge in [-0.15, -0.1) is 0 Å². The van der Waals surface area contributed by atoms with Gasteiger partial charge in [-0.2, -0.15) is 0 Å². The molecule has 0 radical (unpaired) electrons. The number of fused-ring (bicyclic) bond motifs is 1. The molecule has 1 saturated heterocycles. The lowest BCUT2D eigenvalue weighted by molar-refractivity contribution is 0.0191. The van der Waals surface area contributed by atoms with Gasteiger partial charge in [0.1, 0.15) is 5.60 Å². The predicted octanol–water partition coefficient (Wildman–Crippen LogP) is 4.24. The van der Waals surface area contributed by atoms with Gasteiger partial charge in [0.25, 0.3) is 0 Å². The van der Waals surface area contributed by atoms with Gasteiger partial charge >= 0.3 is 6.09 Å². The van der Waals surface area contributed by atoms with Crippen LogP contribution < -0.4 is 11.1 Å². The molecule has 0 bridgehead atoms. The summed E-state index contributed by atoms with van der Waals surface area (Å²) in [6, 6.07) is 8.50. The van der Waals surface area contributed by atoms with E-state index >= 15 is 0 Å². The highest BCUT2D eigenvalue weighted by Gasteiger charge is 2.38. The van der Waals surface area contributed by atoms with Crippen LogP contribution in [0.3, 0.4) is 0 Å². The second kappa shape index (κ2) is 8.42. The fourth-order valence-corrected chi connectivity index (χ4v) is 4.45. The van der Waals surface area contributed by atoms with Crippen LogP contribution in [0, 0.1) is 0 Å². The van der Waals surface area contributed by atoms with Crippen molar-refractivity contribution in [3.05, 3.63) is 41.1 Å². The fraction of sp³-hybridized carbons (Fsp3) is 0.583. The molecule has 2 fully saturated rings. The number of carbonyl (C=O) groups is 1. The molecule has 3 N–H and O–H groups in total. The zero-order valence-corrected chi connectivity index (χ0v) is 18.4. The molecule has 1 atom stereocenters. The number of carbonyl (C=O) groups excluding carboxylic acids is 1. The Balaban J connectivity index is 1.60. The zero-order valence-electron chi connectivity index (χ0n) is 18.4. The van der Waals surface area contributed by atoms with Crippen molar-refractivity contribution in [2.24, 2.45) is 10.7 Å². The smallest absolute Gasteiger partial charge is 0.410 e. The van der Waals surface area contributed by atoms with Crippen LogP contribution in [0.5, 0.6) is 0 Å². The van der Waals surface area contributed by atoms with E-state index in [1.165, 1.54) is 24.8 Å². The molecule has 1 saturated carbocycles. The summed E-state index contributed by atoms with van der Waals surface area (Å²) in [7, 11) is 0. The highest BCUT2D eigenvalue weighted by molar-refractivity contribution is 6.05. The van der Waals surface area contributed by atoms with Crippen LogP contribution in [-0.2, 0) is 4.74 Å². The van der Waals surface area contributed by atoms with E-state index in [2.05, 4.69) is 29.6 Å². The molecule has 6 nitrogen and oxygen atoms in total. The van der Waals surface area contributed by atoms with Crippen LogP contribution in [0.2, 0.25) is 0 Å². The Kier molecular flexibility index (Phi) is 5.87. The highest BCUT2D eigenvalue weighted by Crippen LogP contribution is 2.37. The molecular weight excluding hydrogens is 376 g/mol. The van der Waals surface area contributed by atoms with Crippen molar-refractivity contribution in [1.82, 2.24) is 10.2 Å². The molecule has 1 unspecified atom stereocenters. The van der Waals surface area contributed by atoms with Crippen LogP contribution >= 0.6 is 0 Å². The number of nitrogens with zero attached hydrogens (tertiary/aromatic N) is 2. The van der Waals surface area contributed by atoms with E-state index in [9.17, 15) is 4.79 Å². The van der Waals surface area contributed by atoms with Crippen LogP contribution in [0.4, 0.5) is 10.5 Å². The molecule has 162 valence electrons. The minimum Gasteiger partial charge on any atom is -0.444 e. The lowest BCUT2D eigenvalue weighted by atomic mass is 9.80. The first-order valence-electron chi connectivity index (χ1n) is 11.2. The van der Waals surface area contributed by atoms with Crippen LogP contribution in [0.25, 0.3) is 0 Å². The second-order valence-corrected chi connectivity index (χ2v) is 9.61. The average Bonchev–Trinajstić information content (AvgIpc) is 2.83. The van der Waals surface area contributed by atoms with Crippen LogP contribution in [0.1, 0.15) is 64.4 Å². The third-order valence-electron chi connectivity index (χ3n) is 6.23. The molecule has 2 aliphatic heterocycles. The summed E-state index contributed by atoms with van der Waals surface area (Å²) in [4.78, 5) is 19.6. The minimum atomic E-state index is -0.527. The third-order valence-corrected chi connectivity index (χ3v) is 6.23. The van der Waals surface area contributed by atoms with Crippen molar-refractivity contribution in [3.8, 4) is 0 Å². The number of nitrogens with two attached hydrogens (primary N) is 1. The average molecular weight is 411 g/mol. The summed E-state index contributed by atoms with van der Waals surface area (Å²) < 4.78 is 5.66. The maximum Gasteiger partial charge on any atom is 0.410 e. The first-order chi connectivity index (χ1) is 14.3. The highest BCUT2D eigenvalue weighted by atomic mass is 16.6. The summed E-state index contributed by atoms with van der Waals surface area (Å²) >= 11 is 0. The van der Waals surface area contributed by atoms with E-state index in [0.717, 1.165) is 41.6 Å². The molecule has 1 aliphatic carbocycles. The SMILES string of the molecule is CC(C)(C)OC(=O)N1CCC(=Nc2ccc(C3CCC3)cc2)C2=C(N)CCNCC21. The van der Waals surface area contributed by atoms with Gasteiger partial charge in [-0.25, -0.2) is 4.79 Å². The van der Waals surface area contributed by atoms with E-state index in [-0.39, 0.29) is 12.1 Å². The van der Waals surface area contributed by atoms with Crippen molar-refractivity contribution < 1.29 is 9.53 Å². The minimum absolute atomic E-state index is 0.149. The lowest BCUT2D eigenvalue weighted by Crippen LogP contribution is -2.53. The summed E-state index contributed by atoms with van der Waals surface area (Å²) in [5, 5.41) is 3.42. The molecule has 1 amide bonds. The van der Waals surface area contributed by atoms with Gasteiger partial charge in [-0.05, 0) is 63.6 Å². The first kappa shape index (κ1) is 20.9. The topological polar surface area (TPSA) is 80.0 Å². The summed E-state index contributed by atoms with van der Waals surface area (Å²) in [5.74, 6) is 0.722. The molecule has 4 rings (SSSR count). The number of rotatable bonds is 2. The Morgan fingerprint density at radius 3 is 2.57 bits per heavy atom. The maximum atomic E-state index is 12.9. The van der Waals surface area contributed by atoms with Gasteiger partial charge in [0.15, 0.2) is 0 Å². The number of piperidine rings is 1. The Morgan fingerprint density at radius 1 is 1.20 bits per heavy atom. The maximum absolute atomic E-state index is 12.9. The van der Waals surface area contributed by atoms with Gasteiger partial charge in [0, 0.05) is 43.0 Å². The summed E-state index contributed by atoms with van der Waals surface area (Å²) in [6.45, 7) is 7.73. The van der Waals surface area contributed by atoms with Gasteiger partial charge < -0.3 is 15.8 Å². The monoisotopic (exact) mass is 410 g/mol. The van der Waals surface area contributed by atoms with E-state index in [1.807, 2.05) is 25.7 Å². The molecule has 30 heavy (non-hydrogen) atoms. The number of benzene rings is 1. The van der Waals surface area contributed by atoms with Gasteiger partial charge in [-0.1, -0.05) is 18.6 Å². The van der Waals surface area contributed by atoms with E-state index in [4.69, 9.17) is 15.5 Å². The number of ether oxygens (including phenoxy) is 1. The molecule has 3 aliphatic rings. The van der Waals surface area contributed by atoms with Gasteiger partial charge in [0.2, 0.25) is 0 Å². The van der Waals surface area contributed by atoms with Crippen molar-refractivity contribution in [2.45, 2.75) is 70.4 Å². The lowest BCUT2D eigenvalue weighted by Gasteiger charge is -2.39. The van der Waals surface area contributed by atoms with E-state index < -0.39 is 5.60 Å². The van der Waals surface area contributed by atoms with Crippen molar-refractivity contribution in [2.75, 3.05) is 19.6 Å². The zero-order chi connectivity index (χ0) is 21.3. The van der Waals surface area contributed by atoms with E-state index in [0.29, 0.717) is 19.5 Å². The summed E-state index contributed by atoms with van der Waals surface area (Å²) in [5.41, 5.74) is 11.2. The Hall–Kier alpha value is -2.34. The number of nitrogens with one attached hydrogen (secondary N) is 1. The molecule has 0 aromatic heterocycles. The Morgan fingerprint density at radius 2 is 1.93 bits per heavy atom. The fourth-order valence-electron chi connectivity index (χ4n) is 4.45.